The van der Waals surface area contributed by atoms with E-state index in [1.165, 1.54) is 12.3 Å². The van der Waals surface area contributed by atoms with Crippen LogP contribution in [0.4, 0.5) is 10.3 Å². The van der Waals surface area contributed by atoms with Crippen molar-refractivity contribution in [2.75, 3.05) is 5.73 Å². The number of rotatable bonds is 4. The number of aliphatic hydroxyl groups is 2. The summed E-state index contributed by atoms with van der Waals surface area (Å²) in [4.78, 5) is 12.3. The van der Waals surface area contributed by atoms with Gasteiger partial charge in [-0.3, -0.25) is 0 Å². The van der Waals surface area contributed by atoms with Gasteiger partial charge in [0.25, 0.3) is 0 Å². The van der Waals surface area contributed by atoms with Gasteiger partial charge in [0, 0.05) is 11.6 Å². The highest BCUT2D eigenvalue weighted by atomic mass is 35.5. The number of imidazole rings is 1. The Morgan fingerprint density at radius 3 is 2.42 bits per heavy atom. The summed E-state index contributed by atoms with van der Waals surface area (Å²) in [7, 11) is 0. The van der Waals surface area contributed by atoms with Gasteiger partial charge >= 0.3 is 0 Å². The second kappa shape index (κ2) is 8.33. The Morgan fingerprint density at radius 1 is 1.29 bits per heavy atom. The van der Waals surface area contributed by atoms with E-state index >= 15 is 0 Å². The molecule has 7 nitrogen and oxygen atoms in total. The van der Waals surface area contributed by atoms with Crippen LogP contribution in [-0.4, -0.2) is 35.3 Å². The number of aromatic nitrogens is 4. The zero-order valence-electron chi connectivity index (χ0n) is 18.4. The highest BCUT2D eigenvalue weighted by Gasteiger charge is 2.37. The van der Waals surface area contributed by atoms with Crippen LogP contribution in [0, 0.1) is 5.82 Å². The lowest BCUT2D eigenvalue weighted by Gasteiger charge is -2.21. The van der Waals surface area contributed by atoms with E-state index in [1.807, 2.05) is 20.8 Å². The fourth-order valence-corrected chi connectivity index (χ4v) is 3.52. The average molecular weight is 450 g/mol. The summed E-state index contributed by atoms with van der Waals surface area (Å²) < 4.78 is 16.5. The standard InChI is InChI=1S/C17H19ClFN5O.C5H10O/c1-8(2)24-12-6-9(13-10(18)7-21-16(20)23-13)5-11(19)14(12)22-15(24)17(3,4)25;1-2-5(6)3-4-5/h5-8,25H,1-4H3,(H2,20,21,23);6H,2-4H2,1H3. The molecule has 9 heteroatoms. The van der Waals surface area contributed by atoms with Gasteiger partial charge in [-0.1, -0.05) is 18.5 Å². The number of nitrogens with two attached hydrogens (primary N) is 1. The predicted molar refractivity (Wildman–Crippen MR) is 120 cm³/mol. The first kappa shape index (κ1) is 23.4. The lowest BCUT2D eigenvalue weighted by atomic mass is 10.1. The molecule has 0 bridgehead atoms. The maximum Gasteiger partial charge on any atom is 0.220 e. The molecule has 3 aromatic rings. The minimum absolute atomic E-state index is 0.0352. The van der Waals surface area contributed by atoms with E-state index in [-0.39, 0.29) is 28.1 Å². The van der Waals surface area contributed by atoms with Gasteiger partial charge in [0.2, 0.25) is 5.95 Å². The Kier molecular flexibility index (Phi) is 6.28. The van der Waals surface area contributed by atoms with Crippen LogP contribution >= 0.6 is 11.6 Å². The lowest BCUT2D eigenvalue weighted by molar-refractivity contribution is 0.0641. The summed E-state index contributed by atoms with van der Waals surface area (Å²) in [6.07, 6.45) is 4.38. The van der Waals surface area contributed by atoms with Crippen LogP contribution in [0.15, 0.2) is 18.3 Å². The SMILES string of the molecule is CC(C)n1c(C(C)(C)O)nc2c(F)cc(-c3nc(N)ncc3Cl)cc21.CCC1(O)CC1. The molecule has 4 rings (SSSR count). The average Bonchev–Trinajstić information content (AvgIpc) is 3.28. The highest BCUT2D eigenvalue weighted by molar-refractivity contribution is 6.33. The first-order valence-corrected chi connectivity index (χ1v) is 10.7. The first-order valence-electron chi connectivity index (χ1n) is 10.3. The van der Waals surface area contributed by atoms with Gasteiger partial charge in [-0.25, -0.2) is 19.3 Å². The molecule has 0 unspecified atom stereocenters. The Hall–Kier alpha value is -2.29. The molecule has 0 amide bonds. The molecule has 4 N–H and O–H groups in total. The van der Waals surface area contributed by atoms with Crippen molar-refractivity contribution in [3.63, 3.8) is 0 Å². The summed E-state index contributed by atoms with van der Waals surface area (Å²) in [5.74, 6) is -0.0815. The third-order valence-electron chi connectivity index (χ3n) is 5.33. The largest absolute Gasteiger partial charge is 0.390 e. The van der Waals surface area contributed by atoms with Crippen LogP contribution < -0.4 is 5.73 Å². The Bertz CT molecular complexity index is 1100. The normalized spacial score (nSPS) is 15.2. The van der Waals surface area contributed by atoms with E-state index in [4.69, 9.17) is 22.4 Å². The maximum absolute atomic E-state index is 14.7. The van der Waals surface area contributed by atoms with Gasteiger partial charge in [-0.2, -0.15) is 0 Å². The van der Waals surface area contributed by atoms with Crippen LogP contribution in [0.2, 0.25) is 5.02 Å². The molecule has 1 aromatic carbocycles. The van der Waals surface area contributed by atoms with Crippen LogP contribution in [0.5, 0.6) is 0 Å². The number of hydrogen-bond donors (Lipinski definition) is 3. The molecule has 1 aliphatic carbocycles. The van der Waals surface area contributed by atoms with E-state index in [0.717, 1.165) is 19.3 Å². The number of fused-ring (bicyclic) bond motifs is 1. The van der Waals surface area contributed by atoms with Gasteiger partial charge in [-0.05, 0) is 59.1 Å². The predicted octanol–water partition coefficient (Wildman–Crippen LogP) is 4.60. The molecular formula is C22H29ClFN5O2. The summed E-state index contributed by atoms with van der Waals surface area (Å²) in [5.41, 5.74) is 5.75. The van der Waals surface area contributed by atoms with Gasteiger partial charge in [0.05, 0.1) is 28.0 Å². The molecule has 31 heavy (non-hydrogen) atoms. The molecule has 1 fully saturated rings. The molecule has 2 aromatic heterocycles. The fraction of sp³-hybridized carbons (Fsp3) is 0.500. The van der Waals surface area contributed by atoms with Gasteiger partial charge in [-0.15, -0.1) is 0 Å². The number of halogens is 2. The molecule has 0 aliphatic heterocycles. The number of nitrogens with zero attached hydrogens (tertiary/aromatic N) is 4. The smallest absolute Gasteiger partial charge is 0.220 e. The van der Waals surface area contributed by atoms with Gasteiger partial charge < -0.3 is 20.5 Å². The van der Waals surface area contributed by atoms with Crippen molar-refractivity contribution < 1.29 is 14.6 Å². The fourth-order valence-electron chi connectivity index (χ4n) is 3.32. The molecule has 0 atom stereocenters. The summed E-state index contributed by atoms with van der Waals surface area (Å²) in [5, 5.41) is 19.6. The molecule has 2 heterocycles. The Balaban J connectivity index is 0.000000391. The maximum atomic E-state index is 14.7. The third-order valence-corrected chi connectivity index (χ3v) is 5.61. The van der Waals surface area contributed by atoms with Crippen molar-refractivity contribution in [1.29, 1.82) is 0 Å². The van der Waals surface area contributed by atoms with Crippen molar-refractivity contribution in [1.82, 2.24) is 19.5 Å². The minimum Gasteiger partial charge on any atom is -0.390 e. The molecular weight excluding hydrogens is 421 g/mol. The molecule has 0 saturated heterocycles. The van der Waals surface area contributed by atoms with Crippen molar-refractivity contribution in [3.8, 4) is 11.3 Å². The number of anilines is 1. The van der Waals surface area contributed by atoms with Crippen molar-refractivity contribution in [2.24, 2.45) is 0 Å². The van der Waals surface area contributed by atoms with E-state index in [0.29, 0.717) is 22.6 Å². The van der Waals surface area contributed by atoms with E-state index in [1.54, 1.807) is 24.5 Å². The van der Waals surface area contributed by atoms with Crippen LogP contribution in [0.3, 0.4) is 0 Å². The second-order valence-electron chi connectivity index (χ2n) is 8.79. The Labute approximate surface area is 186 Å². The molecule has 168 valence electrons. The first-order chi connectivity index (χ1) is 14.4. The number of nitrogen functional groups attached to an aromatic ring is 1. The monoisotopic (exact) mass is 449 g/mol. The number of benzene rings is 1. The zero-order chi connectivity index (χ0) is 23.1. The topological polar surface area (TPSA) is 110 Å². The number of hydrogen-bond acceptors (Lipinski definition) is 6. The lowest BCUT2D eigenvalue weighted by Crippen LogP contribution is -2.23. The molecule has 0 spiro atoms. The second-order valence-corrected chi connectivity index (χ2v) is 9.19. The van der Waals surface area contributed by atoms with Crippen LogP contribution in [0.25, 0.3) is 22.3 Å². The van der Waals surface area contributed by atoms with Crippen molar-refractivity contribution in [2.45, 2.75) is 71.1 Å². The van der Waals surface area contributed by atoms with Gasteiger partial charge in [0.1, 0.15) is 16.9 Å². The van der Waals surface area contributed by atoms with E-state index in [9.17, 15) is 9.50 Å². The highest BCUT2D eigenvalue weighted by Crippen LogP contribution is 2.37. The third kappa shape index (κ3) is 4.97. The molecule has 1 aliphatic rings. The van der Waals surface area contributed by atoms with Crippen molar-refractivity contribution in [3.05, 3.63) is 35.0 Å². The quantitative estimate of drug-likeness (QED) is 0.537. The Morgan fingerprint density at radius 2 is 1.94 bits per heavy atom. The van der Waals surface area contributed by atoms with E-state index < -0.39 is 11.4 Å². The summed E-state index contributed by atoms with van der Waals surface area (Å²) >= 11 is 6.15. The van der Waals surface area contributed by atoms with Crippen LogP contribution in [-0.2, 0) is 5.60 Å². The summed E-state index contributed by atoms with van der Waals surface area (Å²) in [6.45, 7) is 9.14. The zero-order valence-corrected chi connectivity index (χ0v) is 19.2. The minimum atomic E-state index is -1.22. The van der Waals surface area contributed by atoms with E-state index in [2.05, 4.69) is 15.0 Å². The summed E-state index contributed by atoms with van der Waals surface area (Å²) in [6, 6.07) is 3.02. The molecule has 0 radical (unpaired) electrons. The molecule has 1 saturated carbocycles. The van der Waals surface area contributed by atoms with Crippen molar-refractivity contribution >= 4 is 28.6 Å². The van der Waals surface area contributed by atoms with Gasteiger partial charge in [0.15, 0.2) is 5.82 Å². The van der Waals surface area contributed by atoms with Crippen LogP contribution in [0.1, 0.15) is 65.7 Å².